The molecule has 14 heavy (non-hydrogen) atoms. The fraction of sp³-hybridized carbons (Fsp3) is 0.455. The molecule has 0 saturated carbocycles. The van der Waals surface area contributed by atoms with Gasteiger partial charge in [0.15, 0.2) is 6.07 Å². The van der Waals surface area contributed by atoms with E-state index in [0.29, 0.717) is 11.3 Å². The van der Waals surface area contributed by atoms with Crippen LogP contribution in [0.2, 0.25) is 0 Å². The smallest absolute Gasteiger partial charge is 0.162 e. The lowest BCUT2D eigenvalue weighted by Crippen LogP contribution is -2.13. The van der Waals surface area contributed by atoms with E-state index in [9.17, 15) is 4.39 Å². The first-order valence-corrected chi connectivity index (χ1v) is 4.97. The topological polar surface area (TPSA) is 9.23 Å². The van der Waals surface area contributed by atoms with Crippen molar-refractivity contribution >= 4 is 11.6 Å². The largest absolute Gasteiger partial charge is 0.478 e. The quantitative estimate of drug-likeness (QED) is 0.685. The molecule has 0 aliphatic heterocycles. The van der Waals surface area contributed by atoms with Crippen LogP contribution in [0.25, 0.3) is 0 Å². The molecule has 3 heteroatoms. The Kier molecular flexibility index (Phi) is 3.38. The van der Waals surface area contributed by atoms with Crippen molar-refractivity contribution in [2.45, 2.75) is 26.2 Å². The standard InChI is InChI=1S/C11H14ClFO/c1-11(2,3)9-5-4-8(14-7-12)6-10(9)13/h4-6H,7H2,1-3H3. The van der Waals surface area contributed by atoms with Gasteiger partial charge in [0.2, 0.25) is 0 Å². The van der Waals surface area contributed by atoms with E-state index in [1.165, 1.54) is 6.07 Å². The maximum atomic E-state index is 13.5. The zero-order valence-corrected chi connectivity index (χ0v) is 9.36. The SMILES string of the molecule is CC(C)(C)c1ccc(OCCl)cc1F. The number of hydrogen-bond acceptors (Lipinski definition) is 1. The predicted molar refractivity (Wildman–Crippen MR) is 56.4 cm³/mol. The van der Waals surface area contributed by atoms with Crippen molar-refractivity contribution in [3.63, 3.8) is 0 Å². The van der Waals surface area contributed by atoms with Crippen LogP contribution in [-0.4, -0.2) is 6.07 Å². The lowest BCUT2D eigenvalue weighted by molar-refractivity contribution is 0.383. The molecule has 0 aliphatic carbocycles. The number of halogens is 2. The van der Waals surface area contributed by atoms with Crippen molar-refractivity contribution in [3.05, 3.63) is 29.6 Å². The minimum Gasteiger partial charge on any atom is -0.478 e. The molecule has 0 radical (unpaired) electrons. The van der Waals surface area contributed by atoms with Gasteiger partial charge in [0, 0.05) is 6.07 Å². The summed E-state index contributed by atoms with van der Waals surface area (Å²) in [5, 5.41) is 0. The first kappa shape index (κ1) is 11.3. The van der Waals surface area contributed by atoms with Crippen molar-refractivity contribution in [3.8, 4) is 5.75 Å². The summed E-state index contributed by atoms with van der Waals surface area (Å²) in [5.74, 6) is 0.214. The highest BCUT2D eigenvalue weighted by molar-refractivity contribution is 6.17. The van der Waals surface area contributed by atoms with Gasteiger partial charge in [0.25, 0.3) is 0 Å². The van der Waals surface area contributed by atoms with Crippen molar-refractivity contribution < 1.29 is 9.13 Å². The van der Waals surface area contributed by atoms with Crippen LogP contribution in [0.3, 0.4) is 0 Å². The van der Waals surface area contributed by atoms with Gasteiger partial charge in [0.1, 0.15) is 11.6 Å². The van der Waals surface area contributed by atoms with Crippen LogP contribution in [-0.2, 0) is 5.41 Å². The van der Waals surface area contributed by atoms with Crippen LogP contribution in [0.5, 0.6) is 5.75 Å². The van der Waals surface area contributed by atoms with Crippen LogP contribution < -0.4 is 4.74 Å². The Balaban J connectivity index is 3.02. The van der Waals surface area contributed by atoms with E-state index in [-0.39, 0.29) is 17.3 Å². The third kappa shape index (κ3) is 2.61. The van der Waals surface area contributed by atoms with Gasteiger partial charge >= 0.3 is 0 Å². The monoisotopic (exact) mass is 216 g/mol. The Morgan fingerprint density at radius 3 is 2.43 bits per heavy atom. The molecule has 0 aliphatic rings. The normalized spacial score (nSPS) is 11.5. The average Bonchev–Trinajstić information content (AvgIpc) is 2.02. The summed E-state index contributed by atoms with van der Waals surface area (Å²) in [6.45, 7) is 5.90. The lowest BCUT2D eigenvalue weighted by Gasteiger charge is -2.20. The molecule has 0 aromatic heterocycles. The molecule has 0 N–H and O–H groups in total. The second kappa shape index (κ2) is 4.18. The van der Waals surface area contributed by atoms with Gasteiger partial charge in [0.05, 0.1) is 0 Å². The Hall–Kier alpha value is -0.760. The Labute approximate surface area is 88.8 Å². The van der Waals surface area contributed by atoms with Crippen LogP contribution in [0.4, 0.5) is 4.39 Å². The van der Waals surface area contributed by atoms with Gasteiger partial charge in [-0.2, -0.15) is 0 Å². The Bertz CT molecular complexity index is 318. The zero-order valence-electron chi connectivity index (χ0n) is 8.60. The van der Waals surface area contributed by atoms with Gasteiger partial charge in [-0.15, -0.1) is 0 Å². The molecular weight excluding hydrogens is 203 g/mol. The number of rotatable bonds is 2. The third-order valence-electron chi connectivity index (χ3n) is 1.97. The van der Waals surface area contributed by atoms with Crippen molar-refractivity contribution in [2.24, 2.45) is 0 Å². The molecule has 1 aromatic carbocycles. The maximum Gasteiger partial charge on any atom is 0.162 e. The molecule has 0 amide bonds. The summed E-state index contributed by atoms with van der Waals surface area (Å²) >= 11 is 5.37. The summed E-state index contributed by atoms with van der Waals surface area (Å²) in [7, 11) is 0. The first-order chi connectivity index (χ1) is 6.45. The molecule has 0 bridgehead atoms. The van der Waals surface area contributed by atoms with Crippen molar-refractivity contribution in [1.82, 2.24) is 0 Å². The number of hydrogen-bond donors (Lipinski definition) is 0. The van der Waals surface area contributed by atoms with Gasteiger partial charge in [-0.05, 0) is 17.0 Å². The highest BCUT2D eigenvalue weighted by Gasteiger charge is 2.18. The maximum absolute atomic E-state index is 13.5. The highest BCUT2D eigenvalue weighted by Crippen LogP contribution is 2.27. The zero-order chi connectivity index (χ0) is 10.8. The first-order valence-electron chi connectivity index (χ1n) is 4.44. The van der Waals surface area contributed by atoms with E-state index >= 15 is 0 Å². The van der Waals surface area contributed by atoms with E-state index in [0.717, 1.165) is 0 Å². The van der Waals surface area contributed by atoms with E-state index in [1.807, 2.05) is 20.8 Å². The average molecular weight is 217 g/mol. The number of ether oxygens (including phenoxy) is 1. The van der Waals surface area contributed by atoms with Crippen LogP contribution in [0, 0.1) is 5.82 Å². The minimum atomic E-state index is -0.250. The lowest BCUT2D eigenvalue weighted by atomic mass is 9.87. The molecule has 0 atom stereocenters. The second-order valence-electron chi connectivity index (χ2n) is 4.15. The van der Waals surface area contributed by atoms with E-state index in [2.05, 4.69) is 0 Å². The van der Waals surface area contributed by atoms with E-state index in [1.54, 1.807) is 12.1 Å². The van der Waals surface area contributed by atoms with Gasteiger partial charge in [-0.25, -0.2) is 4.39 Å². The second-order valence-corrected chi connectivity index (χ2v) is 4.36. The van der Waals surface area contributed by atoms with Gasteiger partial charge in [-0.3, -0.25) is 0 Å². The predicted octanol–water partition coefficient (Wildman–Crippen LogP) is 3.70. The molecule has 0 heterocycles. The molecule has 1 nitrogen and oxygen atoms in total. The number of alkyl halides is 1. The van der Waals surface area contributed by atoms with Crippen molar-refractivity contribution in [2.75, 3.05) is 6.07 Å². The van der Waals surface area contributed by atoms with E-state index < -0.39 is 0 Å². The van der Waals surface area contributed by atoms with Crippen LogP contribution in [0.15, 0.2) is 18.2 Å². The fourth-order valence-corrected chi connectivity index (χ4v) is 1.38. The Morgan fingerprint density at radius 2 is 2.00 bits per heavy atom. The summed E-state index contributed by atoms with van der Waals surface area (Å²) in [6.07, 6.45) is 0. The third-order valence-corrected chi connectivity index (χ3v) is 2.08. The molecule has 0 spiro atoms. The molecule has 0 saturated heterocycles. The van der Waals surface area contributed by atoms with Crippen LogP contribution >= 0.6 is 11.6 Å². The fourth-order valence-electron chi connectivity index (χ4n) is 1.26. The summed E-state index contributed by atoms with van der Waals surface area (Å²) in [6, 6.07) is 4.86. The molecule has 0 unspecified atom stereocenters. The Morgan fingerprint density at radius 1 is 1.36 bits per heavy atom. The molecule has 78 valence electrons. The van der Waals surface area contributed by atoms with Crippen LogP contribution in [0.1, 0.15) is 26.3 Å². The van der Waals surface area contributed by atoms with E-state index in [4.69, 9.17) is 16.3 Å². The molecule has 0 fully saturated rings. The van der Waals surface area contributed by atoms with Crippen molar-refractivity contribution in [1.29, 1.82) is 0 Å². The van der Waals surface area contributed by atoms with Gasteiger partial charge < -0.3 is 4.74 Å². The molecule has 1 aromatic rings. The molecular formula is C11H14ClFO. The number of benzene rings is 1. The minimum absolute atomic E-state index is 0.0360. The summed E-state index contributed by atoms with van der Waals surface area (Å²) in [4.78, 5) is 0. The highest BCUT2D eigenvalue weighted by atomic mass is 35.5. The summed E-state index contributed by atoms with van der Waals surface area (Å²) in [5.41, 5.74) is 0.489. The van der Waals surface area contributed by atoms with Gasteiger partial charge in [-0.1, -0.05) is 38.4 Å². The molecule has 1 rings (SSSR count). The summed E-state index contributed by atoms with van der Waals surface area (Å²) < 4.78 is 18.5.